The average Bonchev–Trinajstić information content (AvgIpc) is 2.83. The molecule has 226 valence electrons. The Hall–Kier alpha value is -2.58. The van der Waals surface area contributed by atoms with Gasteiger partial charge in [-0.05, 0) is 40.2 Å². The summed E-state index contributed by atoms with van der Waals surface area (Å²) < 4.78 is 118. The van der Waals surface area contributed by atoms with Crippen molar-refractivity contribution in [3.8, 4) is 0 Å². The zero-order valence-corrected chi connectivity index (χ0v) is 24.7. The van der Waals surface area contributed by atoms with E-state index in [0.29, 0.717) is 5.92 Å². The van der Waals surface area contributed by atoms with Crippen LogP contribution in [0, 0.1) is 0 Å². The summed E-state index contributed by atoms with van der Waals surface area (Å²) in [5, 5.41) is 0. The van der Waals surface area contributed by atoms with Crippen LogP contribution in [-0.4, -0.2) is 37.0 Å². The van der Waals surface area contributed by atoms with Crippen LogP contribution >= 0.6 is 0 Å². The Balaban J connectivity index is 0.000000781. The molecule has 0 radical (unpaired) electrons. The molecule has 0 saturated carbocycles. The van der Waals surface area contributed by atoms with Crippen molar-refractivity contribution in [3.05, 3.63) is 107 Å². The van der Waals surface area contributed by atoms with Crippen molar-refractivity contribution in [1.82, 2.24) is 0 Å². The third-order valence-electron chi connectivity index (χ3n) is 4.89. The second-order valence-corrected chi connectivity index (χ2v) is 11.1. The van der Waals surface area contributed by atoms with Crippen molar-refractivity contribution >= 4 is 31.9 Å². The number of alkyl halides is 6. The molecule has 0 amide bonds. The molecule has 0 heterocycles. The minimum Gasteiger partial charge on any atom is -0.741 e. The quantitative estimate of drug-likeness (QED) is 0.0958. The van der Waals surface area contributed by atoms with E-state index in [2.05, 4.69) is 105 Å². The van der Waals surface area contributed by atoms with Gasteiger partial charge in [0.1, 0.15) is 0 Å². The van der Waals surface area contributed by atoms with Crippen molar-refractivity contribution in [3.63, 3.8) is 0 Å². The Morgan fingerprint density at radius 1 is 0.707 bits per heavy atom. The predicted octanol–water partition coefficient (Wildman–Crippen LogP) is 6.69. The number of rotatable bonds is 5. The van der Waals surface area contributed by atoms with Crippen LogP contribution in [0.25, 0.3) is 11.6 Å². The number of benzene rings is 3. The van der Waals surface area contributed by atoms with Crippen LogP contribution in [0.2, 0.25) is 0 Å². The average molecular weight is 712 g/mol. The first-order valence-corrected chi connectivity index (χ1v) is 14.0. The Bertz CT molecular complexity index is 1400. The minimum atomic E-state index is -6.09. The molecule has 3 aromatic rings. The van der Waals surface area contributed by atoms with Gasteiger partial charge in [-0.1, -0.05) is 105 Å². The molecule has 0 N–H and O–H groups in total. The molecule has 0 atom stereocenters. The van der Waals surface area contributed by atoms with Gasteiger partial charge in [-0.25, -0.2) is 16.8 Å². The molecule has 0 fully saturated rings. The second-order valence-electron chi connectivity index (χ2n) is 8.32. The van der Waals surface area contributed by atoms with E-state index < -0.39 is 31.3 Å². The summed E-state index contributed by atoms with van der Waals surface area (Å²) in [5.74, 6) is 0.576. The van der Waals surface area contributed by atoms with E-state index in [9.17, 15) is 26.3 Å². The van der Waals surface area contributed by atoms with Gasteiger partial charge in [0.2, 0.25) is 0 Å². The van der Waals surface area contributed by atoms with Crippen LogP contribution in [0.1, 0.15) is 42.0 Å². The first-order chi connectivity index (χ1) is 18.2. The van der Waals surface area contributed by atoms with Crippen LogP contribution in [0.3, 0.4) is 0 Å². The molecule has 3 rings (SSSR count). The maximum absolute atomic E-state index is 10.7. The fourth-order valence-corrected chi connectivity index (χ4v) is 2.88. The zero-order chi connectivity index (χ0) is 30.8. The van der Waals surface area contributed by atoms with E-state index in [1.54, 1.807) is 0 Å². The van der Waals surface area contributed by atoms with E-state index in [1.807, 2.05) is 0 Å². The summed E-state index contributed by atoms with van der Waals surface area (Å²) in [6.45, 7) is 4.47. The predicted molar refractivity (Wildman–Crippen MR) is 136 cm³/mol. The molecule has 0 aliphatic carbocycles. The molecule has 0 bridgehead atoms. The number of halogens is 6. The molecular weight excluding hydrogens is 687 g/mol. The van der Waals surface area contributed by atoms with Crippen molar-refractivity contribution in [2.45, 2.75) is 37.2 Å². The van der Waals surface area contributed by atoms with Crippen LogP contribution in [0.5, 0.6) is 0 Å². The topological polar surface area (TPSA) is 114 Å². The molecule has 0 aliphatic heterocycles. The van der Waals surface area contributed by atoms with Gasteiger partial charge in [0.15, 0.2) is 20.2 Å². The fraction of sp³-hybridized carbons (Fsp3) is 0.231. The molecule has 0 aliphatic rings. The van der Waals surface area contributed by atoms with Crippen molar-refractivity contribution < 1.29 is 71.8 Å². The van der Waals surface area contributed by atoms with Crippen LogP contribution < -0.4 is 0 Å². The Kier molecular flexibility index (Phi) is 15.1. The van der Waals surface area contributed by atoms with E-state index in [0.717, 1.165) is 6.42 Å². The zero-order valence-electron chi connectivity index (χ0n) is 21.3. The van der Waals surface area contributed by atoms with Crippen LogP contribution in [0.4, 0.5) is 26.3 Å². The second kappa shape index (κ2) is 16.2. The van der Waals surface area contributed by atoms with Gasteiger partial charge < -0.3 is 9.11 Å². The molecule has 0 unspecified atom stereocenters. The molecular formula is C26H24F6O6RuS2. The number of hydrogen-bond acceptors (Lipinski definition) is 6. The number of hydrogen-bond donors (Lipinski definition) is 0. The van der Waals surface area contributed by atoms with E-state index in [-0.39, 0.29) is 19.5 Å². The summed E-state index contributed by atoms with van der Waals surface area (Å²) in [7, 11) is -12.2. The van der Waals surface area contributed by atoms with Gasteiger partial charge in [0, 0.05) is 0 Å². The van der Waals surface area contributed by atoms with Gasteiger partial charge in [-0.15, -0.1) is 0 Å². The third-order valence-corrected chi connectivity index (χ3v) is 6.03. The van der Waals surface area contributed by atoms with Crippen LogP contribution in [-0.2, 0) is 46.1 Å². The largest absolute Gasteiger partial charge is 2.00 e. The maximum Gasteiger partial charge on any atom is 2.00 e. The normalized spacial score (nSPS) is 12.3. The summed E-state index contributed by atoms with van der Waals surface area (Å²) in [5.41, 5.74) is -4.67. The SMILES string of the molecule is CC(C)c1ccc(C/C(=C\c2ccccc2)c2ccccc2)cc1.O=S(=O)([O-])C(F)(F)F.O=S(=O)([O-])C(F)(F)F.[Ru+2]. The van der Waals surface area contributed by atoms with Gasteiger partial charge in [-0.2, -0.15) is 26.3 Å². The van der Waals surface area contributed by atoms with Gasteiger partial charge in [0.05, 0.1) is 0 Å². The van der Waals surface area contributed by atoms with Gasteiger partial charge >= 0.3 is 30.5 Å². The Morgan fingerprint density at radius 3 is 1.41 bits per heavy atom. The van der Waals surface area contributed by atoms with E-state index in [1.165, 1.54) is 27.8 Å². The van der Waals surface area contributed by atoms with Crippen molar-refractivity contribution in [2.75, 3.05) is 0 Å². The monoisotopic (exact) mass is 712 g/mol. The summed E-state index contributed by atoms with van der Waals surface area (Å²) in [6, 6.07) is 30.3. The van der Waals surface area contributed by atoms with E-state index in [4.69, 9.17) is 25.9 Å². The van der Waals surface area contributed by atoms with Gasteiger partial charge in [-0.3, -0.25) is 0 Å². The van der Waals surface area contributed by atoms with Gasteiger partial charge in [0.25, 0.3) is 0 Å². The van der Waals surface area contributed by atoms with Crippen LogP contribution in [0.15, 0.2) is 84.9 Å². The molecule has 3 aromatic carbocycles. The number of allylic oxidation sites excluding steroid dienone is 1. The molecule has 0 saturated heterocycles. The Morgan fingerprint density at radius 2 is 1.07 bits per heavy atom. The first-order valence-electron chi connectivity index (χ1n) is 11.2. The smallest absolute Gasteiger partial charge is 0.741 e. The minimum absolute atomic E-state index is 0. The standard InChI is InChI=1S/C24H24.2CHF3O3S.Ru/c1-19(2)22-15-13-21(14-16-22)18-24(23-11-7-4-8-12-23)17-20-9-5-3-6-10-20;2*2-1(3,4)8(5,6)7;/h3-17,19H,18H2,1-2H3;2*(H,5,6,7);/q;;;+2/p-2/b24-17+;;;. The summed E-state index contributed by atoms with van der Waals surface area (Å²) in [4.78, 5) is 0. The fourth-order valence-electron chi connectivity index (χ4n) is 2.88. The maximum atomic E-state index is 10.7. The van der Waals surface area contributed by atoms with E-state index >= 15 is 0 Å². The molecule has 6 nitrogen and oxygen atoms in total. The Labute approximate surface area is 247 Å². The molecule has 15 heteroatoms. The molecule has 0 spiro atoms. The van der Waals surface area contributed by atoms with Crippen molar-refractivity contribution in [2.24, 2.45) is 0 Å². The van der Waals surface area contributed by atoms with Crippen molar-refractivity contribution in [1.29, 1.82) is 0 Å². The molecule has 41 heavy (non-hydrogen) atoms. The third kappa shape index (κ3) is 14.2. The molecule has 0 aromatic heterocycles. The summed E-state index contributed by atoms with van der Waals surface area (Å²) >= 11 is 0. The first kappa shape index (κ1) is 38.4. The summed E-state index contributed by atoms with van der Waals surface area (Å²) in [6.07, 6.45) is 3.24.